The number of aryl methyl sites for hydroxylation is 1. The molecule has 1 aromatic carbocycles. The molecule has 0 radical (unpaired) electrons. The van der Waals surface area contributed by atoms with Crippen molar-refractivity contribution in [1.82, 2.24) is 4.72 Å². The van der Waals surface area contributed by atoms with Crippen LogP contribution in [0.1, 0.15) is 5.56 Å². The minimum absolute atomic E-state index is 0.107. The highest BCUT2D eigenvalue weighted by molar-refractivity contribution is 7.89. The predicted octanol–water partition coefficient (Wildman–Crippen LogP) is 1.18. The van der Waals surface area contributed by atoms with E-state index in [0.29, 0.717) is 0 Å². The van der Waals surface area contributed by atoms with E-state index in [2.05, 4.69) is 0 Å². The largest absolute Gasteiger partial charge is 0.280 e. The van der Waals surface area contributed by atoms with Crippen LogP contribution in [0, 0.1) is 12.7 Å². The second kappa shape index (κ2) is 4.90. The van der Waals surface area contributed by atoms with Crippen molar-refractivity contribution in [3.8, 4) is 0 Å². The van der Waals surface area contributed by atoms with E-state index in [9.17, 15) is 17.6 Å². The standard InChI is InChI=1S/C9H9ClFNO3S/c1-6-4-7(2-3-8(6)11)16(14,15)12-5-9(10)13/h2-4,12H,5H2,1H3. The molecule has 1 rings (SSSR count). The SMILES string of the molecule is Cc1cc(S(=O)(=O)NCC(=O)Cl)ccc1F. The fourth-order valence-corrected chi connectivity index (χ4v) is 2.23. The number of hydrogen-bond acceptors (Lipinski definition) is 3. The first-order valence-corrected chi connectivity index (χ1v) is 6.13. The maximum absolute atomic E-state index is 12.9. The Morgan fingerprint density at radius 2 is 2.12 bits per heavy atom. The van der Waals surface area contributed by atoms with Crippen LogP contribution < -0.4 is 4.72 Å². The molecule has 0 fully saturated rings. The summed E-state index contributed by atoms with van der Waals surface area (Å²) in [6, 6.07) is 3.34. The van der Waals surface area contributed by atoms with Gasteiger partial charge in [-0.2, -0.15) is 0 Å². The molecule has 88 valence electrons. The molecule has 0 spiro atoms. The molecule has 0 aromatic heterocycles. The Morgan fingerprint density at radius 1 is 1.50 bits per heavy atom. The van der Waals surface area contributed by atoms with Gasteiger partial charge < -0.3 is 0 Å². The van der Waals surface area contributed by atoms with E-state index in [-0.39, 0.29) is 10.5 Å². The van der Waals surface area contributed by atoms with Crippen molar-refractivity contribution >= 4 is 26.9 Å². The van der Waals surface area contributed by atoms with Crippen molar-refractivity contribution in [2.75, 3.05) is 6.54 Å². The number of carbonyl (C=O) groups is 1. The van der Waals surface area contributed by atoms with Crippen LogP contribution in [0.5, 0.6) is 0 Å². The second-order valence-corrected chi connectivity index (χ2v) is 5.28. The van der Waals surface area contributed by atoms with Crippen LogP contribution in [-0.4, -0.2) is 20.2 Å². The summed E-state index contributed by atoms with van der Waals surface area (Å²) < 4.78 is 38.0. The number of nitrogens with one attached hydrogen (secondary N) is 1. The third-order valence-electron chi connectivity index (χ3n) is 1.84. The Hall–Kier alpha value is -0.980. The third-order valence-corrected chi connectivity index (χ3v) is 3.37. The molecule has 0 heterocycles. The lowest BCUT2D eigenvalue weighted by atomic mass is 10.2. The Balaban J connectivity index is 2.99. The van der Waals surface area contributed by atoms with Gasteiger partial charge in [0.1, 0.15) is 5.82 Å². The maximum atomic E-state index is 12.9. The Morgan fingerprint density at radius 3 is 2.62 bits per heavy atom. The Kier molecular flexibility index (Phi) is 4.01. The van der Waals surface area contributed by atoms with Gasteiger partial charge in [0.2, 0.25) is 15.3 Å². The molecule has 0 unspecified atom stereocenters. The van der Waals surface area contributed by atoms with E-state index in [1.54, 1.807) is 0 Å². The second-order valence-electron chi connectivity index (χ2n) is 3.09. The van der Waals surface area contributed by atoms with Crippen molar-refractivity contribution in [3.05, 3.63) is 29.6 Å². The first kappa shape index (κ1) is 13.1. The molecule has 0 aliphatic rings. The molecule has 0 saturated carbocycles. The molecule has 0 saturated heterocycles. The fourth-order valence-electron chi connectivity index (χ4n) is 1.02. The number of benzene rings is 1. The summed E-state index contributed by atoms with van der Waals surface area (Å²) in [6.45, 7) is 0.946. The molecule has 0 amide bonds. The van der Waals surface area contributed by atoms with Crippen LogP contribution in [0.15, 0.2) is 23.1 Å². The molecule has 0 aliphatic heterocycles. The van der Waals surface area contributed by atoms with E-state index >= 15 is 0 Å². The molecule has 0 atom stereocenters. The van der Waals surface area contributed by atoms with Crippen LogP contribution in [0.25, 0.3) is 0 Å². The Bertz CT molecular complexity index is 515. The van der Waals surface area contributed by atoms with Gasteiger partial charge in [0.05, 0.1) is 11.4 Å². The van der Waals surface area contributed by atoms with E-state index in [1.165, 1.54) is 13.0 Å². The average molecular weight is 266 g/mol. The van der Waals surface area contributed by atoms with Crippen molar-refractivity contribution in [1.29, 1.82) is 0 Å². The predicted molar refractivity (Wildman–Crippen MR) is 57.2 cm³/mol. The third kappa shape index (κ3) is 3.26. The lowest BCUT2D eigenvalue weighted by molar-refractivity contribution is -0.110. The number of sulfonamides is 1. The van der Waals surface area contributed by atoms with Crippen LogP contribution in [0.4, 0.5) is 4.39 Å². The molecule has 4 nitrogen and oxygen atoms in total. The molecule has 7 heteroatoms. The molecule has 0 bridgehead atoms. The zero-order valence-electron chi connectivity index (χ0n) is 8.33. The van der Waals surface area contributed by atoms with Crippen molar-refractivity contribution in [2.24, 2.45) is 0 Å². The van der Waals surface area contributed by atoms with Crippen LogP contribution in [-0.2, 0) is 14.8 Å². The van der Waals surface area contributed by atoms with Gasteiger partial charge in [0, 0.05) is 0 Å². The summed E-state index contributed by atoms with van der Waals surface area (Å²) >= 11 is 5.00. The van der Waals surface area contributed by atoms with Gasteiger partial charge in [-0.15, -0.1) is 0 Å². The lowest BCUT2D eigenvalue weighted by Crippen LogP contribution is -2.27. The highest BCUT2D eigenvalue weighted by Gasteiger charge is 2.15. The molecule has 1 aromatic rings. The zero-order chi connectivity index (χ0) is 12.3. The monoisotopic (exact) mass is 265 g/mol. The van der Waals surface area contributed by atoms with Gasteiger partial charge >= 0.3 is 0 Å². The molecule has 1 N–H and O–H groups in total. The fraction of sp³-hybridized carbons (Fsp3) is 0.222. The summed E-state index contributed by atoms with van der Waals surface area (Å²) in [5.41, 5.74) is 0.208. The van der Waals surface area contributed by atoms with Crippen LogP contribution in [0.2, 0.25) is 0 Å². The maximum Gasteiger partial charge on any atom is 0.241 e. The summed E-state index contributed by atoms with van der Waals surface area (Å²) in [4.78, 5) is 10.3. The lowest BCUT2D eigenvalue weighted by Gasteiger charge is -2.05. The summed E-state index contributed by atoms with van der Waals surface area (Å²) in [6.07, 6.45) is 0. The van der Waals surface area contributed by atoms with Crippen LogP contribution in [0.3, 0.4) is 0 Å². The van der Waals surface area contributed by atoms with Crippen molar-refractivity contribution in [3.63, 3.8) is 0 Å². The first-order chi connectivity index (χ1) is 7.33. The molecule has 0 aliphatic carbocycles. The minimum Gasteiger partial charge on any atom is -0.280 e. The highest BCUT2D eigenvalue weighted by atomic mass is 35.5. The number of halogens is 2. The van der Waals surface area contributed by atoms with Gasteiger partial charge in [0.25, 0.3) is 0 Å². The molecular formula is C9H9ClFNO3S. The molecular weight excluding hydrogens is 257 g/mol. The summed E-state index contributed by atoms with van der Waals surface area (Å²) in [7, 11) is -3.82. The zero-order valence-corrected chi connectivity index (χ0v) is 9.90. The number of carbonyl (C=O) groups excluding carboxylic acids is 1. The summed E-state index contributed by atoms with van der Waals surface area (Å²) in [5, 5.41) is -0.817. The van der Waals surface area contributed by atoms with E-state index in [0.717, 1.165) is 12.1 Å². The average Bonchev–Trinajstić information content (AvgIpc) is 2.19. The highest BCUT2D eigenvalue weighted by Crippen LogP contribution is 2.13. The topological polar surface area (TPSA) is 63.2 Å². The smallest absolute Gasteiger partial charge is 0.241 e. The number of rotatable bonds is 4. The van der Waals surface area contributed by atoms with Gasteiger partial charge in [0.15, 0.2) is 0 Å². The first-order valence-electron chi connectivity index (χ1n) is 4.27. The van der Waals surface area contributed by atoms with Gasteiger partial charge in [-0.05, 0) is 42.3 Å². The van der Waals surface area contributed by atoms with Gasteiger partial charge in [-0.25, -0.2) is 17.5 Å². The van der Waals surface area contributed by atoms with Crippen LogP contribution >= 0.6 is 11.6 Å². The van der Waals surface area contributed by atoms with Crippen molar-refractivity contribution < 1.29 is 17.6 Å². The normalized spacial score (nSPS) is 11.4. The quantitative estimate of drug-likeness (QED) is 0.832. The van der Waals surface area contributed by atoms with E-state index < -0.39 is 27.6 Å². The van der Waals surface area contributed by atoms with Crippen molar-refractivity contribution in [2.45, 2.75) is 11.8 Å². The van der Waals surface area contributed by atoms with Gasteiger partial charge in [-0.3, -0.25) is 4.79 Å². The van der Waals surface area contributed by atoms with E-state index in [4.69, 9.17) is 11.6 Å². The summed E-state index contributed by atoms with van der Waals surface area (Å²) in [5.74, 6) is -0.493. The molecule has 16 heavy (non-hydrogen) atoms. The number of hydrogen-bond donors (Lipinski definition) is 1. The van der Waals surface area contributed by atoms with E-state index in [1.807, 2.05) is 4.72 Å². The Labute approximate surface area is 97.5 Å². The van der Waals surface area contributed by atoms with Gasteiger partial charge in [-0.1, -0.05) is 0 Å². The minimum atomic E-state index is -3.82.